The Bertz CT molecular complexity index is 3020. The Kier molecular flexibility index (Phi) is 12.3. The number of aliphatic imine (C=N–C) groups is 1. The summed E-state index contributed by atoms with van der Waals surface area (Å²) in [6.45, 7) is 41.4. The zero-order valence-electron chi connectivity index (χ0n) is 44.0. The molecule has 6 heteroatoms. The molecule has 5 aromatic carbocycles. The molecule has 0 saturated carbocycles. The smallest absolute Gasteiger partial charge is 0.503 e. The SMILES string of the molecule is Cc1cc(Oc2[c-]c(C3=N[C@]4(C)Cc5cc(C)c(C)cc5[C@]4(C)N3c3c(C(C)C)ccc(C)c3C(C)C)cc(C(C)(C)C)c2)[c-]c(N2c3ccc(C(C)(C)C)cc3C(C)(C)c3cccnc32)c1.[Pt+2]. The number of pyridine rings is 1. The zero-order chi connectivity index (χ0) is 48.5. The third-order valence-electron chi connectivity index (χ3n) is 15.6. The Labute approximate surface area is 423 Å². The monoisotopic (exact) mass is 1080 g/mol. The van der Waals surface area contributed by atoms with Crippen LogP contribution in [0.2, 0.25) is 0 Å². The number of ether oxygens (including phenoxy) is 1. The van der Waals surface area contributed by atoms with Crippen LogP contribution >= 0.6 is 0 Å². The number of aromatic nitrogens is 1. The second-order valence-corrected chi connectivity index (χ2v) is 23.7. The van der Waals surface area contributed by atoms with Gasteiger partial charge >= 0.3 is 21.1 Å². The molecule has 0 spiro atoms. The average molecular weight is 1080 g/mol. The largest absolute Gasteiger partial charge is 2.00 e. The van der Waals surface area contributed by atoms with E-state index < -0.39 is 11.1 Å². The molecule has 9 rings (SSSR count). The van der Waals surface area contributed by atoms with Gasteiger partial charge in [0.1, 0.15) is 5.82 Å². The minimum atomic E-state index is -0.472. The Balaban J connectivity index is 0.00000625. The molecule has 2 aliphatic heterocycles. The van der Waals surface area contributed by atoms with E-state index in [0.717, 1.165) is 46.1 Å². The number of amidine groups is 1. The summed E-state index contributed by atoms with van der Waals surface area (Å²) in [6, 6.07) is 37.2. The minimum absolute atomic E-state index is 0. The van der Waals surface area contributed by atoms with Crippen molar-refractivity contribution in [3.63, 3.8) is 0 Å². The summed E-state index contributed by atoms with van der Waals surface area (Å²) in [5.74, 6) is 3.71. The molecule has 0 amide bonds. The molecule has 68 heavy (non-hydrogen) atoms. The van der Waals surface area contributed by atoms with Gasteiger partial charge in [0.05, 0.1) is 16.9 Å². The van der Waals surface area contributed by atoms with Crippen molar-refractivity contribution in [3.05, 3.63) is 170 Å². The summed E-state index contributed by atoms with van der Waals surface area (Å²) in [5, 5.41) is 0. The normalized spacial score (nSPS) is 19.4. The van der Waals surface area contributed by atoms with Crippen molar-refractivity contribution in [2.24, 2.45) is 4.99 Å². The number of rotatable bonds is 7. The second kappa shape index (κ2) is 16.9. The fourth-order valence-electron chi connectivity index (χ4n) is 11.4. The van der Waals surface area contributed by atoms with Crippen LogP contribution in [0.25, 0.3) is 0 Å². The number of benzene rings is 5. The van der Waals surface area contributed by atoms with E-state index in [0.29, 0.717) is 23.3 Å². The predicted octanol–water partition coefficient (Wildman–Crippen LogP) is 16.2. The van der Waals surface area contributed by atoms with Crippen molar-refractivity contribution in [3.8, 4) is 11.5 Å². The first-order valence-corrected chi connectivity index (χ1v) is 24.6. The quantitative estimate of drug-likeness (QED) is 0.149. The van der Waals surface area contributed by atoms with E-state index in [9.17, 15) is 0 Å². The standard InChI is InChI=1S/C62H72N4O.Pt/c1-36(2)49-23-21-39(6)54(37(3)4)55(49)66-56(64-61(17)35-43-28-40(7)41(8)29-51(43)62(61,66)18)42-30-45(59(12,13)14)32-48(31-42)67-47-27-38(5)26-46(34-47)65-53-24-22-44(58(9,10)11)33-52(53)60(15,16)50-20-19-25-63-57(50)65;/h19-30,32-33,36-37H,35H2,1-18H3;/q-2;+2/t61-,62+;/m1./s1. The average Bonchev–Trinajstić information content (AvgIpc) is 3.58. The molecule has 6 aromatic rings. The summed E-state index contributed by atoms with van der Waals surface area (Å²) < 4.78 is 7.09. The molecular weight excluding hydrogens is 1010 g/mol. The molecule has 356 valence electrons. The van der Waals surface area contributed by atoms with Gasteiger partial charge in [-0.1, -0.05) is 150 Å². The Morgan fingerprint density at radius 1 is 0.676 bits per heavy atom. The third-order valence-corrected chi connectivity index (χ3v) is 15.6. The van der Waals surface area contributed by atoms with Crippen molar-refractivity contribution in [1.82, 2.24) is 4.98 Å². The van der Waals surface area contributed by atoms with Gasteiger partial charge in [-0.15, -0.1) is 35.4 Å². The molecule has 0 unspecified atom stereocenters. The molecule has 0 bridgehead atoms. The molecule has 3 aliphatic rings. The molecular formula is C62H72N4OPt. The molecule has 0 fully saturated rings. The van der Waals surface area contributed by atoms with Gasteiger partial charge in [-0.2, -0.15) is 5.56 Å². The Hall–Kier alpha value is -4.99. The third kappa shape index (κ3) is 7.88. The van der Waals surface area contributed by atoms with Gasteiger partial charge in [-0.05, 0) is 126 Å². The van der Waals surface area contributed by atoms with E-state index >= 15 is 0 Å². The number of nitrogens with zero attached hydrogens (tertiary/aromatic N) is 4. The topological polar surface area (TPSA) is 41.0 Å². The first-order valence-electron chi connectivity index (χ1n) is 24.6. The first-order chi connectivity index (χ1) is 31.2. The van der Waals surface area contributed by atoms with Gasteiger partial charge in [-0.25, -0.2) is 4.98 Å². The number of hydrogen-bond acceptors (Lipinski definition) is 5. The number of aryl methyl sites for hydroxylation is 4. The number of fused-ring (bicyclic) bond motifs is 5. The van der Waals surface area contributed by atoms with Crippen molar-refractivity contribution < 1.29 is 25.8 Å². The predicted molar refractivity (Wildman–Crippen MR) is 281 cm³/mol. The summed E-state index contributed by atoms with van der Waals surface area (Å²) in [6.07, 6.45) is 2.75. The second-order valence-electron chi connectivity index (χ2n) is 23.7. The van der Waals surface area contributed by atoms with Crippen molar-refractivity contribution in [2.75, 3.05) is 9.80 Å². The van der Waals surface area contributed by atoms with Crippen LogP contribution < -0.4 is 14.5 Å². The van der Waals surface area contributed by atoms with Crippen molar-refractivity contribution in [2.45, 2.75) is 170 Å². The van der Waals surface area contributed by atoms with E-state index in [4.69, 9.17) is 14.7 Å². The molecule has 3 heterocycles. The summed E-state index contributed by atoms with van der Waals surface area (Å²) in [7, 11) is 0. The van der Waals surface area contributed by atoms with E-state index in [-0.39, 0.29) is 37.3 Å². The van der Waals surface area contributed by atoms with Gasteiger partial charge < -0.3 is 19.5 Å². The van der Waals surface area contributed by atoms with Crippen LogP contribution in [0.15, 0.2) is 90.1 Å². The van der Waals surface area contributed by atoms with Crippen LogP contribution in [-0.4, -0.2) is 16.4 Å². The van der Waals surface area contributed by atoms with Crippen LogP contribution in [0, 0.1) is 39.8 Å². The molecule has 1 aromatic heterocycles. The number of hydrogen-bond donors (Lipinski definition) is 0. The van der Waals surface area contributed by atoms with Gasteiger partial charge in [0.2, 0.25) is 0 Å². The van der Waals surface area contributed by atoms with E-state index in [1.54, 1.807) is 0 Å². The summed E-state index contributed by atoms with van der Waals surface area (Å²) >= 11 is 0. The van der Waals surface area contributed by atoms with E-state index in [1.165, 1.54) is 61.3 Å². The Morgan fingerprint density at radius 3 is 2.01 bits per heavy atom. The van der Waals surface area contributed by atoms with Gasteiger partial charge in [0, 0.05) is 40.0 Å². The Morgan fingerprint density at radius 2 is 1.35 bits per heavy atom. The van der Waals surface area contributed by atoms with Crippen LogP contribution in [-0.2, 0) is 49.3 Å². The van der Waals surface area contributed by atoms with Gasteiger partial charge in [0.15, 0.2) is 0 Å². The van der Waals surface area contributed by atoms with E-state index in [2.05, 4.69) is 225 Å². The molecule has 0 N–H and O–H groups in total. The molecule has 1 aliphatic carbocycles. The maximum absolute atomic E-state index is 7.09. The van der Waals surface area contributed by atoms with Gasteiger partial charge in [0.25, 0.3) is 0 Å². The van der Waals surface area contributed by atoms with Crippen molar-refractivity contribution >= 4 is 28.7 Å². The summed E-state index contributed by atoms with van der Waals surface area (Å²) in [4.78, 5) is 15.9. The number of anilines is 4. The van der Waals surface area contributed by atoms with Crippen LogP contribution in [0.5, 0.6) is 11.5 Å². The molecule has 5 nitrogen and oxygen atoms in total. The summed E-state index contributed by atoms with van der Waals surface area (Å²) in [5.41, 5.74) is 18.2. The maximum Gasteiger partial charge on any atom is 2.00 e. The van der Waals surface area contributed by atoms with Gasteiger partial charge in [-0.3, -0.25) is 0 Å². The molecule has 0 saturated heterocycles. The van der Waals surface area contributed by atoms with E-state index in [1.807, 2.05) is 6.20 Å². The van der Waals surface area contributed by atoms with Crippen molar-refractivity contribution in [1.29, 1.82) is 0 Å². The van der Waals surface area contributed by atoms with Crippen LogP contribution in [0.4, 0.5) is 22.9 Å². The maximum atomic E-state index is 7.09. The fourth-order valence-corrected chi connectivity index (χ4v) is 11.4. The zero-order valence-corrected chi connectivity index (χ0v) is 46.2. The molecule has 0 radical (unpaired) electrons. The molecule has 2 atom stereocenters. The fraction of sp³-hybridized carbons (Fsp3) is 0.419. The van der Waals surface area contributed by atoms with Crippen LogP contribution in [0.1, 0.15) is 181 Å². The minimum Gasteiger partial charge on any atom is -0.503 e. The first kappa shape index (κ1) is 49.4. The van der Waals surface area contributed by atoms with Crippen LogP contribution in [0.3, 0.4) is 0 Å².